The fourth-order valence-corrected chi connectivity index (χ4v) is 3.19. The first-order chi connectivity index (χ1) is 11.8. The molecular weight excluding hydrogens is 320 g/mol. The van der Waals surface area contributed by atoms with Gasteiger partial charge in [0.1, 0.15) is 11.4 Å². The maximum absolute atomic E-state index is 12.2. The summed E-state index contributed by atoms with van der Waals surface area (Å²) in [5.74, 6) is 2.40. The third kappa shape index (κ3) is 4.32. The molecule has 138 valence electrons. The van der Waals surface area contributed by atoms with Crippen molar-refractivity contribution in [3.05, 3.63) is 17.7 Å². The third-order valence-electron chi connectivity index (χ3n) is 4.36. The van der Waals surface area contributed by atoms with Crippen LogP contribution in [0.4, 0.5) is 4.79 Å². The maximum Gasteiger partial charge on any atom is 0.410 e. The van der Waals surface area contributed by atoms with Crippen LogP contribution in [0.1, 0.15) is 64.1 Å². The first-order valence-electron chi connectivity index (χ1n) is 9.08. The Hall–Kier alpha value is -2.05. The number of carbonyl (C=O) groups is 1. The SMILES string of the molecule is Cc1nc(C2=CCCCO2)n(C2CCN(C(=O)OC(C)(C)C)CC2)n1. The highest BCUT2D eigenvalue weighted by atomic mass is 16.6. The van der Waals surface area contributed by atoms with Gasteiger partial charge in [-0.1, -0.05) is 0 Å². The first-order valence-corrected chi connectivity index (χ1v) is 9.08. The Kier molecular flexibility index (Phi) is 5.01. The quantitative estimate of drug-likeness (QED) is 0.820. The molecule has 0 N–H and O–H groups in total. The average Bonchev–Trinajstić information content (AvgIpc) is 2.96. The standard InChI is InChI=1S/C18H28N4O3/c1-13-19-16(15-7-5-6-12-24-15)22(20-13)14-8-10-21(11-9-14)17(23)25-18(2,3)4/h7,14H,5-6,8-12H2,1-4H3. The Balaban J connectivity index is 1.67. The molecule has 1 amide bonds. The van der Waals surface area contributed by atoms with Crippen molar-refractivity contribution in [2.24, 2.45) is 0 Å². The van der Waals surface area contributed by atoms with Crippen LogP contribution in [0.3, 0.4) is 0 Å². The number of allylic oxidation sites excluding steroid dienone is 1. The van der Waals surface area contributed by atoms with Crippen molar-refractivity contribution in [3.63, 3.8) is 0 Å². The Morgan fingerprint density at radius 2 is 2.04 bits per heavy atom. The van der Waals surface area contributed by atoms with Gasteiger partial charge in [0.05, 0.1) is 12.6 Å². The number of amides is 1. The topological polar surface area (TPSA) is 69.5 Å². The number of piperidine rings is 1. The molecule has 25 heavy (non-hydrogen) atoms. The van der Waals surface area contributed by atoms with Gasteiger partial charge in [0, 0.05) is 13.1 Å². The lowest BCUT2D eigenvalue weighted by Crippen LogP contribution is -2.42. The number of likely N-dealkylation sites (tertiary alicyclic amines) is 1. The van der Waals surface area contributed by atoms with Gasteiger partial charge in [0.15, 0.2) is 11.6 Å². The second kappa shape index (κ2) is 7.06. The Bertz CT molecular complexity index is 652. The molecule has 2 aliphatic rings. The molecule has 1 fully saturated rings. The molecule has 1 aromatic rings. The lowest BCUT2D eigenvalue weighted by molar-refractivity contribution is 0.0184. The summed E-state index contributed by atoms with van der Waals surface area (Å²) in [6.07, 6.45) is 5.59. The summed E-state index contributed by atoms with van der Waals surface area (Å²) >= 11 is 0. The van der Waals surface area contributed by atoms with Crippen LogP contribution in [-0.4, -0.2) is 51.1 Å². The van der Waals surface area contributed by atoms with Crippen molar-refractivity contribution >= 4 is 11.9 Å². The summed E-state index contributed by atoms with van der Waals surface area (Å²) in [5.41, 5.74) is -0.463. The van der Waals surface area contributed by atoms with E-state index >= 15 is 0 Å². The van der Waals surface area contributed by atoms with Gasteiger partial charge in [0.25, 0.3) is 0 Å². The summed E-state index contributed by atoms with van der Waals surface area (Å²) in [7, 11) is 0. The fourth-order valence-electron chi connectivity index (χ4n) is 3.19. The van der Waals surface area contributed by atoms with E-state index in [-0.39, 0.29) is 12.1 Å². The number of aromatic nitrogens is 3. The van der Waals surface area contributed by atoms with Crippen LogP contribution < -0.4 is 0 Å². The number of rotatable bonds is 2. The molecule has 0 aromatic carbocycles. The highest BCUT2D eigenvalue weighted by Gasteiger charge is 2.30. The zero-order chi connectivity index (χ0) is 18.0. The second-order valence-corrected chi connectivity index (χ2v) is 7.68. The predicted molar refractivity (Wildman–Crippen MR) is 94.0 cm³/mol. The first kappa shape index (κ1) is 17.8. The molecule has 1 saturated heterocycles. The summed E-state index contributed by atoms with van der Waals surface area (Å²) in [5, 5.41) is 4.59. The smallest absolute Gasteiger partial charge is 0.410 e. The molecule has 0 spiro atoms. The van der Waals surface area contributed by atoms with E-state index < -0.39 is 5.60 Å². The minimum Gasteiger partial charge on any atom is -0.490 e. The molecule has 0 saturated carbocycles. The lowest BCUT2D eigenvalue weighted by atomic mass is 10.1. The van der Waals surface area contributed by atoms with Gasteiger partial charge in [0.2, 0.25) is 0 Å². The van der Waals surface area contributed by atoms with E-state index in [0.717, 1.165) is 49.7 Å². The van der Waals surface area contributed by atoms with E-state index in [4.69, 9.17) is 9.47 Å². The summed E-state index contributed by atoms with van der Waals surface area (Å²) < 4.78 is 13.2. The van der Waals surface area contributed by atoms with E-state index in [0.29, 0.717) is 13.1 Å². The van der Waals surface area contributed by atoms with Crippen LogP contribution in [-0.2, 0) is 9.47 Å². The highest BCUT2D eigenvalue weighted by molar-refractivity contribution is 5.68. The van der Waals surface area contributed by atoms with E-state index in [9.17, 15) is 4.79 Å². The summed E-state index contributed by atoms with van der Waals surface area (Å²) in [4.78, 5) is 18.6. The number of hydrogen-bond donors (Lipinski definition) is 0. The molecule has 0 radical (unpaired) electrons. The average molecular weight is 348 g/mol. The molecule has 1 aromatic heterocycles. The Morgan fingerprint density at radius 3 is 2.64 bits per heavy atom. The highest BCUT2D eigenvalue weighted by Crippen LogP contribution is 2.28. The van der Waals surface area contributed by atoms with Gasteiger partial charge in [-0.05, 0) is 59.5 Å². The van der Waals surface area contributed by atoms with E-state index in [1.807, 2.05) is 32.4 Å². The minimum atomic E-state index is -0.463. The molecule has 0 atom stereocenters. The lowest BCUT2D eigenvalue weighted by Gasteiger charge is -2.33. The molecule has 2 aliphatic heterocycles. The largest absolute Gasteiger partial charge is 0.490 e. The van der Waals surface area contributed by atoms with Crippen LogP contribution in [0.2, 0.25) is 0 Å². The number of hydrogen-bond acceptors (Lipinski definition) is 5. The number of ether oxygens (including phenoxy) is 2. The number of nitrogens with zero attached hydrogens (tertiary/aromatic N) is 4. The summed E-state index contributed by atoms with van der Waals surface area (Å²) in [6, 6.07) is 0.223. The molecule has 0 bridgehead atoms. The number of carbonyl (C=O) groups excluding carboxylic acids is 1. The molecule has 0 aliphatic carbocycles. The summed E-state index contributed by atoms with van der Waals surface area (Å²) in [6.45, 7) is 9.63. The van der Waals surface area contributed by atoms with E-state index in [1.165, 1.54) is 0 Å². The van der Waals surface area contributed by atoms with Crippen molar-refractivity contribution in [1.29, 1.82) is 0 Å². The van der Waals surface area contributed by atoms with Gasteiger partial charge in [-0.3, -0.25) is 0 Å². The van der Waals surface area contributed by atoms with Crippen LogP contribution >= 0.6 is 0 Å². The van der Waals surface area contributed by atoms with E-state index in [2.05, 4.69) is 16.2 Å². The van der Waals surface area contributed by atoms with Crippen LogP contribution in [0.5, 0.6) is 0 Å². The maximum atomic E-state index is 12.2. The molecule has 3 rings (SSSR count). The Morgan fingerprint density at radius 1 is 1.32 bits per heavy atom. The van der Waals surface area contributed by atoms with E-state index in [1.54, 1.807) is 4.90 Å². The van der Waals surface area contributed by atoms with Crippen LogP contribution in [0.15, 0.2) is 6.08 Å². The van der Waals surface area contributed by atoms with Crippen molar-refractivity contribution in [1.82, 2.24) is 19.7 Å². The third-order valence-corrected chi connectivity index (χ3v) is 4.36. The van der Waals surface area contributed by atoms with Gasteiger partial charge in [-0.15, -0.1) is 0 Å². The normalized spacial score (nSPS) is 19.4. The number of aryl methyl sites for hydroxylation is 1. The Labute approximate surface area is 149 Å². The molecule has 7 heteroatoms. The second-order valence-electron chi connectivity index (χ2n) is 7.68. The van der Waals surface area contributed by atoms with Gasteiger partial charge in [-0.25, -0.2) is 14.5 Å². The van der Waals surface area contributed by atoms with Crippen molar-refractivity contribution in [2.75, 3.05) is 19.7 Å². The zero-order valence-electron chi connectivity index (χ0n) is 15.6. The van der Waals surface area contributed by atoms with Crippen molar-refractivity contribution < 1.29 is 14.3 Å². The molecular formula is C18H28N4O3. The van der Waals surface area contributed by atoms with Crippen LogP contribution in [0, 0.1) is 6.92 Å². The predicted octanol–water partition coefficient (Wildman–Crippen LogP) is 3.31. The molecule has 3 heterocycles. The van der Waals surface area contributed by atoms with Crippen LogP contribution in [0.25, 0.3) is 5.76 Å². The van der Waals surface area contributed by atoms with Gasteiger partial charge < -0.3 is 14.4 Å². The fraction of sp³-hybridized carbons (Fsp3) is 0.722. The zero-order valence-corrected chi connectivity index (χ0v) is 15.6. The van der Waals surface area contributed by atoms with Gasteiger partial charge >= 0.3 is 6.09 Å². The van der Waals surface area contributed by atoms with Crippen molar-refractivity contribution in [2.45, 2.75) is 65.0 Å². The molecule has 0 unspecified atom stereocenters. The monoisotopic (exact) mass is 348 g/mol. The van der Waals surface area contributed by atoms with Gasteiger partial charge in [-0.2, -0.15) is 5.10 Å². The van der Waals surface area contributed by atoms with Crippen molar-refractivity contribution in [3.8, 4) is 0 Å². The minimum absolute atomic E-state index is 0.223. The molecule has 7 nitrogen and oxygen atoms in total.